The summed E-state index contributed by atoms with van der Waals surface area (Å²) in [6, 6.07) is -1.20. The third-order valence-electron chi connectivity index (χ3n) is 7.24. The molecule has 7 nitrogen and oxygen atoms in total. The van der Waals surface area contributed by atoms with E-state index in [1.54, 1.807) is 40.6 Å². The lowest BCUT2D eigenvalue weighted by Gasteiger charge is -2.38. The van der Waals surface area contributed by atoms with Gasteiger partial charge in [0.1, 0.15) is 6.04 Å². The van der Waals surface area contributed by atoms with Crippen LogP contribution < -0.4 is 0 Å². The van der Waals surface area contributed by atoms with Crippen LogP contribution in [0.3, 0.4) is 0 Å². The standard InChI is InChI=1S/C25H38N2O5S/c1-5-8-10-14-26(13-7-3)23(30)21-25-12-11-18(33-25)19(24(31)32-15-9-6-2)20(25)22(29)27(21)17(4)16-28/h6-7,17-21,28H,2-3,5,8-16H2,1,4H3/t17-,18+,19-,20+,21?,25?/m1/s1. The normalized spacial score (nSPS) is 30.8. The molecule has 6 atom stereocenters. The van der Waals surface area contributed by atoms with Gasteiger partial charge in [-0.05, 0) is 32.6 Å². The number of esters is 1. The van der Waals surface area contributed by atoms with Gasteiger partial charge in [0.2, 0.25) is 11.8 Å². The summed E-state index contributed by atoms with van der Waals surface area (Å²) in [5.41, 5.74) is 0. The van der Waals surface area contributed by atoms with E-state index >= 15 is 0 Å². The quantitative estimate of drug-likeness (QED) is 0.249. The minimum atomic E-state index is -0.695. The number of hydrogen-bond acceptors (Lipinski definition) is 6. The first kappa shape index (κ1) is 25.8. The Morgan fingerprint density at radius 1 is 1.36 bits per heavy atom. The number of unbranched alkanes of at least 4 members (excludes halogenated alkanes) is 2. The van der Waals surface area contributed by atoms with Gasteiger partial charge in [0.15, 0.2) is 0 Å². The third kappa shape index (κ3) is 4.61. The molecule has 3 aliphatic rings. The molecule has 3 aliphatic heterocycles. The van der Waals surface area contributed by atoms with Gasteiger partial charge in [0.05, 0.1) is 35.8 Å². The van der Waals surface area contributed by atoms with Gasteiger partial charge in [-0.3, -0.25) is 14.4 Å². The van der Waals surface area contributed by atoms with E-state index in [2.05, 4.69) is 20.1 Å². The molecule has 2 bridgehead atoms. The van der Waals surface area contributed by atoms with Crippen molar-refractivity contribution in [3.8, 4) is 0 Å². The van der Waals surface area contributed by atoms with E-state index in [1.165, 1.54) is 0 Å². The summed E-state index contributed by atoms with van der Waals surface area (Å²) in [5.74, 6) is -1.81. The minimum absolute atomic E-state index is 0.0231. The summed E-state index contributed by atoms with van der Waals surface area (Å²) in [5, 5.41) is 9.91. The predicted molar refractivity (Wildman–Crippen MR) is 130 cm³/mol. The number of likely N-dealkylation sites (tertiary alicyclic amines) is 1. The van der Waals surface area contributed by atoms with Gasteiger partial charge in [-0.25, -0.2) is 0 Å². The van der Waals surface area contributed by atoms with Crippen molar-refractivity contribution in [3.63, 3.8) is 0 Å². The molecular weight excluding hydrogens is 440 g/mol. The summed E-state index contributed by atoms with van der Waals surface area (Å²) in [6.45, 7) is 12.4. The van der Waals surface area contributed by atoms with Crippen molar-refractivity contribution >= 4 is 29.5 Å². The topological polar surface area (TPSA) is 87.2 Å². The fraction of sp³-hybridized carbons (Fsp3) is 0.720. The van der Waals surface area contributed by atoms with Crippen LogP contribution in [0, 0.1) is 11.8 Å². The Morgan fingerprint density at radius 3 is 2.76 bits per heavy atom. The average Bonchev–Trinajstić information content (AvgIpc) is 3.45. The summed E-state index contributed by atoms with van der Waals surface area (Å²) in [7, 11) is 0. The Balaban J connectivity index is 1.94. The molecular formula is C25H38N2O5S. The van der Waals surface area contributed by atoms with E-state index in [9.17, 15) is 19.5 Å². The van der Waals surface area contributed by atoms with Crippen molar-refractivity contribution in [2.75, 3.05) is 26.3 Å². The fourth-order valence-corrected chi connectivity index (χ4v) is 7.90. The van der Waals surface area contributed by atoms with E-state index in [1.807, 2.05) is 0 Å². The van der Waals surface area contributed by atoms with E-state index in [0.717, 1.165) is 25.7 Å². The molecule has 0 aromatic rings. The van der Waals surface area contributed by atoms with Crippen molar-refractivity contribution in [1.82, 2.24) is 9.80 Å². The lowest BCUT2D eigenvalue weighted by Crippen LogP contribution is -2.57. The zero-order valence-electron chi connectivity index (χ0n) is 19.9. The number of hydrogen-bond donors (Lipinski definition) is 1. The van der Waals surface area contributed by atoms with Gasteiger partial charge in [-0.15, -0.1) is 24.9 Å². The van der Waals surface area contributed by atoms with Crippen LogP contribution in [0.25, 0.3) is 0 Å². The van der Waals surface area contributed by atoms with Gasteiger partial charge in [0, 0.05) is 18.3 Å². The molecule has 2 unspecified atom stereocenters. The predicted octanol–water partition coefficient (Wildman–Crippen LogP) is 2.78. The van der Waals surface area contributed by atoms with Gasteiger partial charge < -0.3 is 19.6 Å². The third-order valence-corrected chi connectivity index (χ3v) is 9.19. The number of thioether (sulfide) groups is 1. The molecule has 1 spiro atoms. The molecule has 0 aromatic heterocycles. The zero-order valence-corrected chi connectivity index (χ0v) is 20.7. The molecule has 8 heteroatoms. The van der Waals surface area contributed by atoms with Crippen molar-refractivity contribution < 1.29 is 24.2 Å². The molecule has 3 fully saturated rings. The van der Waals surface area contributed by atoms with Gasteiger partial charge in [0.25, 0.3) is 0 Å². The second-order valence-electron chi connectivity index (χ2n) is 9.36. The molecule has 33 heavy (non-hydrogen) atoms. The molecule has 184 valence electrons. The minimum Gasteiger partial charge on any atom is -0.465 e. The largest absolute Gasteiger partial charge is 0.465 e. The van der Waals surface area contributed by atoms with Crippen molar-refractivity contribution in [2.45, 2.75) is 74.5 Å². The molecule has 1 N–H and O–H groups in total. The Kier molecular flexibility index (Phi) is 8.67. The second kappa shape index (κ2) is 11.1. The van der Waals surface area contributed by atoms with Crippen molar-refractivity contribution in [3.05, 3.63) is 25.3 Å². The van der Waals surface area contributed by atoms with Crippen molar-refractivity contribution in [1.29, 1.82) is 0 Å². The van der Waals surface area contributed by atoms with E-state index in [4.69, 9.17) is 4.74 Å². The fourth-order valence-electron chi connectivity index (χ4n) is 5.71. The molecule has 2 amide bonds. The van der Waals surface area contributed by atoms with Crippen LogP contribution in [0.2, 0.25) is 0 Å². The second-order valence-corrected chi connectivity index (χ2v) is 11.0. The summed E-state index contributed by atoms with van der Waals surface area (Å²) >= 11 is 1.62. The van der Waals surface area contributed by atoms with Gasteiger partial charge >= 0.3 is 5.97 Å². The number of carbonyl (C=O) groups excluding carboxylic acids is 3. The first-order valence-electron chi connectivity index (χ1n) is 12.2. The van der Waals surface area contributed by atoms with Crippen LogP contribution in [-0.4, -0.2) is 81.1 Å². The Morgan fingerprint density at radius 2 is 2.12 bits per heavy atom. The molecule has 0 radical (unpaired) electrons. The van der Waals surface area contributed by atoms with E-state index in [-0.39, 0.29) is 36.2 Å². The van der Waals surface area contributed by atoms with Crippen LogP contribution in [0.5, 0.6) is 0 Å². The van der Waals surface area contributed by atoms with E-state index in [0.29, 0.717) is 25.9 Å². The summed E-state index contributed by atoms with van der Waals surface area (Å²) < 4.78 is 4.83. The number of ether oxygens (including phenoxy) is 1. The smallest absolute Gasteiger partial charge is 0.310 e. The first-order chi connectivity index (χ1) is 15.9. The maximum Gasteiger partial charge on any atom is 0.310 e. The van der Waals surface area contributed by atoms with Crippen LogP contribution in [0.4, 0.5) is 0 Å². The molecule has 3 heterocycles. The number of aliphatic hydroxyl groups excluding tert-OH is 1. The highest BCUT2D eigenvalue weighted by atomic mass is 32.2. The number of amides is 2. The van der Waals surface area contributed by atoms with Crippen LogP contribution in [0.1, 0.15) is 52.4 Å². The highest BCUT2D eigenvalue weighted by Gasteiger charge is 2.74. The number of rotatable bonds is 13. The monoisotopic (exact) mass is 478 g/mol. The molecule has 0 aliphatic carbocycles. The highest BCUT2D eigenvalue weighted by Crippen LogP contribution is 2.66. The Bertz CT molecular complexity index is 774. The van der Waals surface area contributed by atoms with E-state index < -0.39 is 28.7 Å². The molecule has 0 saturated carbocycles. The number of carbonyl (C=O) groups is 3. The van der Waals surface area contributed by atoms with Crippen LogP contribution >= 0.6 is 11.8 Å². The SMILES string of the molecule is C=CCCOC(=O)[C@@H]1[C@@H]2CCC3(S2)C(C(=O)N(CC=C)CCCCC)N([C@H](C)CO)C(=O)[C@H]13. The number of nitrogens with zero attached hydrogens (tertiary/aromatic N) is 2. The van der Waals surface area contributed by atoms with Crippen LogP contribution in [-0.2, 0) is 19.1 Å². The maximum absolute atomic E-state index is 14.0. The Labute approximate surface area is 201 Å². The lowest BCUT2D eigenvalue weighted by molar-refractivity contribution is -0.154. The molecule has 0 aromatic carbocycles. The summed E-state index contributed by atoms with van der Waals surface area (Å²) in [6.07, 6.45) is 8.40. The molecule has 3 saturated heterocycles. The zero-order chi connectivity index (χ0) is 24.2. The van der Waals surface area contributed by atoms with Gasteiger partial charge in [-0.2, -0.15) is 0 Å². The molecule has 3 rings (SSSR count). The number of fused-ring (bicyclic) bond motifs is 1. The van der Waals surface area contributed by atoms with Crippen molar-refractivity contribution in [2.24, 2.45) is 11.8 Å². The van der Waals surface area contributed by atoms with Gasteiger partial charge in [-0.1, -0.05) is 31.9 Å². The lowest BCUT2D eigenvalue weighted by atomic mass is 9.71. The first-order valence-corrected chi connectivity index (χ1v) is 13.0. The Hall–Kier alpha value is -1.80. The average molecular weight is 479 g/mol. The maximum atomic E-state index is 14.0. The number of aliphatic hydroxyl groups is 1. The summed E-state index contributed by atoms with van der Waals surface area (Å²) in [4.78, 5) is 44.1. The van der Waals surface area contributed by atoms with Crippen LogP contribution in [0.15, 0.2) is 25.3 Å². The highest BCUT2D eigenvalue weighted by molar-refractivity contribution is 8.02.